The molecule has 0 atom stereocenters. The number of benzene rings is 1. The molecule has 0 aromatic heterocycles. The van der Waals surface area contributed by atoms with E-state index in [0.717, 1.165) is 12.8 Å². The maximum Gasteiger partial charge on any atom is 0.256 e. The number of nitrogens with zero attached hydrogens (tertiary/aromatic N) is 1. The van der Waals surface area contributed by atoms with Crippen LogP contribution in [0.4, 0.5) is 0 Å². The summed E-state index contributed by atoms with van der Waals surface area (Å²) in [5.41, 5.74) is -0.855. The van der Waals surface area contributed by atoms with Gasteiger partial charge in [0.1, 0.15) is 17.0 Å². The predicted octanol–water partition coefficient (Wildman–Crippen LogP) is 1.66. The summed E-state index contributed by atoms with van der Waals surface area (Å²) in [6.45, 7) is 0. The number of carbonyl (C=O) groups excluding carboxylic acids is 1. The first-order valence-electron chi connectivity index (χ1n) is 5.82. The zero-order valence-electron chi connectivity index (χ0n) is 9.81. The number of amides is 1. The molecular formula is C13H14N2O3. The van der Waals surface area contributed by atoms with Crippen LogP contribution < -0.4 is 5.32 Å². The molecule has 1 aliphatic rings. The van der Waals surface area contributed by atoms with Crippen LogP contribution in [0.25, 0.3) is 0 Å². The maximum absolute atomic E-state index is 12.0. The van der Waals surface area contributed by atoms with E-state index >= 15 is 0 Å². The topological polar surface area (TPSA) is 93.4 Å². The molecule has 1 aliphatic carbocycles. The van der Waals surface area contributed by atoms with Crippen LogP contribution in [0.3, 0.4) is 0 Å². The molecule has 0 spiro atoms. The molecule has 0 aliphatic heterocycles. The molecule has 0 heterocycles. The Morgan fingerprint density at radius 3 is 2.61 bits per heavy atom. The lowest BCUT2D eigenvalue weighted by Crippen LogP contribution is -2.45. The smallest absolute Gasteiger partial charge is 0.256 e. The van der Waals surface area contributed by atoms with Crippen molar-refractivity contribution in [3.63, 3.8) is 0 Å². The molecule has 1 saturated carbocycles. The normalized spacial score (nSPS) is 17.1. The fourth-order valence-corrected chi connectivity index (χ4v) is 2.23. The number of hydrogen-bond acceptors (Lipinski definition) is 4. The summed E-state index contributed by atoms with van der Waals surface area (Å²) in [7, 11) is 0. The van der Waals surface area contributed by atoms with Gasteiger partial charge in [-0.05, 0) is 43.9 Å². The van der Waals surface area contributed by atoms with Crippen LogP contribution in [0.2, 0.25) is 0 Å². The predicted molar refractivity (Wildman–Crippen MR) is 64.0 cm³/mol. The Morgan fingerprint density at radius 2 is 2.00 bits per heavy atom. The van der Waals surface area contributed by atoms with Crippen LogP contribution in [-0.2, 0) is 0 Å². The molecule has 0 radical (unpaired) electrons. The van der Waals surface area contributed by atoms with Gasteiger partial charge < -0.3 is 15.5 Å². The van der Waals surface area contributed by atoms with Crippen LogP contribution in [0, 0.1) is 11.3 Å². The van der Waals surface area contributed by atoms with E-state index in [4.69, 9.17) is 5.26 Å². The zero-order valence-corrected chi connectivity index (χ0v) is 9.81. The summed E-state index contributed by atoms with van der Waals surface area (Å²) in [5, 5.41) is 30.7. The van der Waals surface area contributed by atoms with Crippen molar-refractivity contribution in [1.29, 1.82) is 5.26 Å². The number of rotatable bonds is 2. The largest absolute Gasteiger partial charge is 0.508 e. The van der Waals surface area contributed by atoms with Gasteiger partial charge in [-0.15, -0.1) is 0 Å². The van der Waals surface area contributed by atoms with Gasteiger partial charge in [0.2, 0.25) is 0 Å². The van der Waals surface area contributed by atoms with Gasteiger partial charge in [0.15, 0.2) is 0 Å². The summed E-state index contributed by atoms with van der Waals surface area (Å²) in [6.07, 6.45) is 3.04. The zero-order chi connectivity index (χ0) is 13.2. The van der Waals surface area contributed by atoms with Crippen molar-refractivity contribution in [2.45, 2.75) is 31.2 Å². The molecular weight excluding hydrogens is 232 g/mol. The highest BCUT2D eigenvalue weighted by Crippen LogP contribution is 2.30. The van der Waals surface area contributed by atoms with E-state index in [1.54, 1.807) is 0 Å². The van der Waals surface area contributed by atoms with E-state index in [-0.39, 0.29) is 17.1 Å². The van der Waals surface area contributed by atoms with E-state index in [1.807, 2.05) is 0 Å². The van der Waals surface area contributed by atoms with Crippen molar-refractivity contribution >= 4 is 5.91 Å². The van der Waals surface area contributed by atoms with Gasteiger partial charge in [-0.2, -0.15) is 5.26 Å². The molecule has 18 heavy (non-hydrogen) atoms. The number of nitrogens with one attached hydrogen (secondary N) is 1. The van der Waals surface area contributed by atoms with Gasteiger partial charge in [-0.25, -0.2) is 0 Å². The molecule has 0 bridgehead atoms. The van der Waals surface area contributed by atoms with E-state index in [9.17, 15) is 15.0 Å². The molecule has 1 aromatic rings. The Bertz CT molecular complexity index is 513. The third-order valence-corrected chi connectivity index (χ3v) is 3.25. The number of aromatic hydroxyl groups is 2. The lowest BCUT2D eigenvalue weighted by molar-refractivity contribution is 0.0917. The molecule has 1 fully saturated rings. The maximum atomic E-state index is 12.0. The molecule has 5 heteroatoms. The number of hydrogen-bond donors (Lipinski definition) is 3. The number of nitriles is 1. The minimum absolute atomic E-state index is 0.0171. The Hall–Kier alpha value is -2.22. The first-order valence-corrected chi connectivity index (χ1v) is 5.82. The molecule has 3 N–H and O–H groups in total. The van der Waals surface area contributed by atoms with Gasteiger partial charge in [0.05, 0.1) is 11.6 Å². The minimum Gasteiger partial charge on any atom is -0.508 e. The fraction of sp³-hybridized carbons (Fsp3) is 0.385. The van der Waals surface area contributed by atoms with Crippen LogP contribution in [0.5, 0.6) is 11.5 Å². The quantitative estimate of drug-likeness (QED) is 0.692. The molecule has 1 amide bonds. The highest BCUT2D eigenvalue weighted by Gasteiger charge is 2.36. The summed E-state index contributed by atoms with van der Waals surface area (Å²) >= 11 is 0. The second-order valence-electron chi connectivity index (χ2n) is 4.56. The van der Waals surface area contributed by atoms with Crippen LogP contribution in [-0.4, -0.2) is 21.7 Å². The summed E-state index contributed by atoms with van der Waals surface area (Å²) in [4.78, 5) is 12.0. The van der Waals surface area contributed by atoms with Crippen molar-refractivity contribution in [3.8, 4) is 17.6 Å². The van der Waals surface area contributed by atoms with E-state index < -0.39 is 11.4 Å². The summed E-state index contributed by atoms with van der Waals surface area (Å²) < 4.78 is 0. The Labute approximate surface area is 105 Å². The van der Waals surface area contributed by atoms with Crippen molar-refractivity contribution in [1.82, 2.24) is 5.32 Å². The number of phenolic OH excluding ortho intramolecular Hbond substituents is 2. The number of phenols is 2. The standard InChI is InChI=1S/C13H14N2O3/c14-8-13(5-1-2-6-13)15-12(18)10-7-9(16)3-4-11(10)17/h3-4,7,16-17H,1-2,5-6H2,(H,15,18). The Morgan fingerprint density at radius 1 is 1.33 bits per heavy atom. The van der Waals surface area contributed by atoms with Gasteiger partial charge in [0.25, 0.3) is 5.91 Å². The first kappa shape index (κ1) is 12.2. The van der Waals surface area contributed by atoms with E-state index in [0.29, 0.717) is 12.8 Å². The number of carbonyl (C=O) groups is 1. The van der Waals surface area contributed by atoms with Gasteiger partial charge in [0, 0.05) is 0 Å². The highest BCUT2D eigenvalue weighted by molar-refractivity contribution is 5.97. The van der Waals surface area contributed by atoms with Crippen molar-refractivity contribution in [2.75, 3.05) is 0 Å². The monoisotopic (exact) mass is 246 g/mol. The highest BCUT2D eigenvalue weighted by atomic mass is 16.3. The first-order chi connectivity index (χ1) is 8.56. The summed E-state index contributed by atoms with van der Waals surface area (Å²) in [6, 6.07) is 5.86. The molecule has 0 unspecified atom stereocenters. The van der Waals surface area contributed by atoms with Gasteiger partial charge in [-0.1, -0.05) is 0 Å². The molecule has 1 aromatic carbocycles. The third-order valence-electron chi connectivity index (χ3n) is 3.25. The second kappa shape index (κ2) is 4.57. The minimum atomic E-state index is -0.838. The van der Waals surface area contributed by atoms with Crippen molar-refractivity contribution in [2.24, 2.45) is 0 Å². The van der Waals surface area contributed by atoms with Crippen molar-refractivity contribution in [3.05, 3.63) is 23.8 Å². The molecule has 94 valence electrons. The van der Waals surface area contributed by atoms with Crippen LogP contribution in [0.15, 0.2) is 18.2 Å². The van der Waals surface area contributed by atoms with Crippen molar-refractivity contribution < 1.29 is 15.0 Å². The van der Waals surface area contributed by atoms with Crippen LogP contribution in [0.1, 0.15) is 36.0 Å². The van der Waals surface area contributed by atoms with E-state index in [1.165, 1.54) is 18.2 Å². The Kier molecular flexibility index (Phi) is 3.11. The van der Waals surface area contributed by atoms with Gasteiger partial charge in [-0.3, -0.25) is 4.79 Å². The molecule has 2 rings (SSSR count). The lowest BCUT2D eigenvalue weighted by atomic mass is 9.99. The lowest BCUT2D eigenvalue weighted by Gasteiger charge is -2.22. The third kappa shape index (κ3) is 2.23. The molecule has 0 saturated heterocycles. The SMILES string of the molecule is N#CC1(NC(=O)c2cc(O)ccc2O)CCCC1. The molecule has 5 nitrogen and oxygen atoms in total. The average Bonchev–Trinajstić information content (AvgIpc) is 2.81. The summed E-state index contributed by atoms with van der Waals surface area (Å²) in [5.74, 6) is -0.849. The second-order valence-corrected chi connectivity index (χ2v) is 4.56. The average molecular weight is 246 g/mol. The van der Waals surface area contributed by atoms with Gasteiger partial charge >= 0.3 is 0 Å². The fourth-order valence-electron chi connectivity index (χ4n) is 2.23. The van der Waals surface area contributed by atoms with Crippen LogP contribution >= 0.6 is 0 Å². The Balaban J connectivity index is 2.22. The van der Waals surface area contributed by atoms with E-state index in [2.05, 4.69) is 11.4 Å².